The Morgan fingerprint density at radius 3 is 2.87 bits per heavy atom. The fraction of sp³-hybridized carbons (Fsp3) is 0.667. The zero-order valence-corrected chi connectivity index (χ0v) is 8.86. The highest BCUT2D eigenvalue weighted by Crippen LogP contribution is 2.06. The predicted octanol–water partition coefficient (Wildman–Crippen LogP) is -0.908. The molecule has 0 aromatic heterocycles. The van der Waals surface area contributed by atoms with Crippen molar-refractivity contribution in [3.05, 3.63) is 0 Å². The summed E-state index contributed by atoms with van der Waals surface area (Å²) in [6.45, 7) is 1.77. The van der Waals surface area contributed by atoms with Crippen molar-refractivity contribution in [3.63, 3.8) is 0 Å². The number of nitrogens with one attached hydrogen (secondary N) is 1. The zero-order valence-electron chi connectivity index (χ0n) is 8.86. The average molecular weight is 213 g/mol. The third-order valence-corrected chi connectivity index (χ3v) is 2.03. The number of nitrogens with zero attached hydrogens (tertiary/aromatic N) is 2. The van der Waals surface area contributed by atoms with Crippen LogP contribution in [0, 0.1) is 0 Å². The number of hydrogen-bond donors (Lipinski definition) is 2. The molecule has 0 saturated carbocycles. The minimum Gasteiger partial charge on any atom is -0.392 e. The normalized spacial score (nSPS) is 18.5. The predicted molar refractivity (Wildman–Crippen MR) is 54.1 cm³/mol. The van der Waals surface area contributed by atoms with Gasteiger partial charge in [-0.05, 0) is 6.92 Å². The smallest absolute Gasteiger partial charge is 0.267 e. The summed E-state index contributed by atoms with van der Waals surface area (Å²) in [6.07, 6.45) is 0.0733. The molecule has 0 unspecified atom stereocenters. The number of carbonyl (C=O) groups excluding carboxylic acids is 2. The van der Waals surface area contributed by atoms with Gasteiger partial charge in [0, 0.05) is 26.4 Å². The van der Waals surface area contributed by atoms with Crippen molar-refractivity contribution in [2.75, 3.05) is 13.6 Å². The first kappa shape index (κ1) is 11.6. The van der Waals surface area contributed by atoms with Crippen molar-refractivity contribution in [1.82, 2.24) is 10.3 Å². The van der Waals surface area contributed by atoms with Crippen LogP contribution in [0.15, 0.2) is 5.10 Å². The van der Waals surface area contributed by atoms with Gasteiger partial charge in [0.15, 0.2) is 0 Å². The molecule has 0 spiro atoms. The second-order valence-electron chi connectivity index (χ2n) is 3.52. The molecule has 2 amide bonds. The van der Waals surface area contributed by atoms with Gasteiger partial charge >= 0.3 is 0 Å². The van der Waals surface area contributed by atoms with E-state index in [-0.39, 0.29) is 18.4 Å². The van der Waals surface area contributed by atoms with Crippen molar-refractivity contribution >= 4 is 17.5 Å². The van der Waals surface area contributed by atoms with E-state index < -0.39 is 6.10 Å². The second kappa shape index (κ2) is 4.88. The van der Waals surface area contributed by atoms with Crippen LogP contribution in [0.25, 0.3) is 0 Å². The lowest BCUT2D eigenvalue weighted by molar-refractivity contribution is -0.130. The SMILES string of the molecule is C[C@@H](O)CNC(=O)C1=NN(C)C(=O)CC1. The van der Waals surface area contributed by atoms with Crippen molar-refractivity contribution in [2.24, 2.45) is 5.10 Å². The lowest BCUT2D eigenvalue weighted by Crippen LogP contribution is -2.39. The molecule has 15 heavy (non-hydrogen) atoms. The number of amides is 2. The Balaban J connectivity index is 2.53. The summed E-state index contributed by atoms with van der Waals surface area (Å²) >= 11 is 0. The molecule has 1 rings (SSSR count). The van der Waals surface area contributed by atoms with Crippen LogP contribution in [0.1, 0.15) is 19.8 Å². The first-order valence-corrected chi connectivity index (χ1v) is 4.81. The fourth-order valence-electron chi connectivity index (χ4n) is 1.18. The summed E-state index contributed by atoms with van der Waals surface area (Å²) in [6, 6.07) is 0. The molecule has 6 heteroatoms. The first-order valence-electron chi connectivity index (χ1n) is 4.81. The number of aliphatic hydroxyl groups excluding tert-OH is 1. The van der Waals surface area contributed by atoms with E-state index in [9.17, 15) is 9.59 Å². The molecule has 0 radical (unpaired) electrons. The molecular formula is C9H15N3O3. The van der Waals surface area contributed by atoms with Gasteiger partial charge in [-0.2, -0.15) is 5.10 Å². The molecule has 0 aliphatic carbocycles. The molecule has 0 bridgehead atoms. The largest absolute Gasteiger partial charge is 0.392 e. The molecule has 2 N–H and O–H groups in total. The van der Waals surface area contributed by atoms with E-state index in [1.807, 2.05) is 0 Å². The van der Waals surface area contributed by atoms with Gasteiger partial charge in [0.05, 0.1) is 6.10 Å². The van der Waals surface area contributed by atoms with Gasteiger partial charge in [0.1, 0.15) is 5.71 Å². The zero-order chi connectivity index (χ0) is 11.4. The van der Waals surface area contributed by atoms with Gasteiger partial charge in [0.2, 0.25) is 5.91 Å². The van der Waals surface area contributed by atoms with E-state index in [0.717, 1.165) is 0 Å². The molecule has 6 nitrogen and oxygen atoms in total. The number of hydrogen-bond acceptors (Lipinski definition) is 4. The summed E-state index contributed by atoms with van der Waals surface area (Å²) in [5, 5.41) is 16.5. The topological polar surface area (TPSA) is 82.0 Å². The molecule has 1 aliphatic heterocycles. The van der Waals surface area contributed by atoms with Gasteiger partial charge in [-0.1, -0.05) is 0 Å². The summed E-state index contributed by atoms with van der Waals surface area (Å²) in [5.74, 6) is -0.419. The molecule has 0 fully saturated rings. The van der Waals surface area contributed by atoms with E-state index in [4.69, 9.17) is 5.11 Å². The Kier molecular flexibility index (Phi) is 3.79. The Morgan fingerprint density at radius 2 is 2.33 bits per heavy atom. The molecule has 84 valence electrons. The molecule has 1 heterocycles. The van der Waals surface area contributed by atoms with Crippen molar-refractivity contribution in [3.8, 4) is 0 Å². The maximum Gasteiger partial charge on any atom is 0.267 e. The average Bonchev–Trinajstić information content (AvgIpc) is 2.18. The van der Waals surface area contributed by atoms with E-state index in [2.05, 4.69) is 10.4 Å². The van der Waals surface area contributed by atoms with Gasteiger partial charge in [-0.3, -0.25) is 9.59 Å². The van der Waals surface area contributed by atoms with Crippen LogP contribution in [0.5, 0.6) is 0 Å². The highest BCUT2D eigenvalue weighted by molar-refractivity contribution is 6.39. The van der Waals surface area contributed by atoms with E-state index >= 15 is 0 Å². The lowest BCUT2D eigenvalue weighted by atomic mass is 10.1. The molecule has 1 aliphatic rings. The number of aliphatic hydroxyl groups is 1. The van der Waals surface area contributed by atoms with Gasteiger partial charge in [-0.25, -0.2) is 5.01 Å². The molecule has 0 saturated heterocycles. The third-order valence-electron chi connectivity index (χ3n) is 2.03. The fourth-order valence-corrected chi connectivity index (χ4v) is 1.18. The van der Waals surface area contributed by atoms with Crippen LogP contribution < -0.4 is 5.32 Å². The van der Waals surface area contributed by atoms with Crippen LogP contribution in [0.3, 0.4) is 0 Å². The number of rotatable bonds is 3. The van der Waals surface area contributed by atoms with Crippen molar-refractivity contribution in [1.29, 1.82) is 0 Å². The Labute approximate surface area is 87.9 Å². The maximum atomic E-state index is 11.5. The van der Waals surface area contributed by atoms with Crippen molar-refractivity contribution in [2.45, 2.75) is 25.9 Å². The summed E-state index contributed by atoms with van der Waals surface area (Å²) in [7, 11) is 1.52. The van der Waals surface area contributed by atoms with Crippen LogP contribution >= 0.6 is 0 Å². The minimum absolute atomic E-state index is 0.0953. The molecule has 0 aromatic rings. The monoisotopic (exact) mass is 213 g/mol. The Morgan fingerprint density at radius 1 is 1.67 bits per heavy atom. The standard InChI is InChI=1S/C9H15N3O3/c1-6(13)5-10-9(15)7-3-4-8(14)12(2)11-7/h6,13H,3-5H2,1-2H3,(H,10,15)/t6-/m1/s1. The highest BCUT2D eigenvalue weighted by Gasteiger charge is 2.21. The summed E-state index contributed by atoms with van der Waals surface area (Å²) in [5.41, 5.74) is 0.331. The number of carbonyl (C=O) groups is 2. The van der Waals surface area contributed by atoms with E-state index in [1.165, 1.54) is 12.1 Å². The van der Waals surface area contributed by atoms with Gasteiger partial charge < -0.3 is 10.4 Å². The molecule has 0 aromatic carbocycles. The quantitative estimate of drug-likeness (QED) is 0.637. The third kappa shape index (κ3) is 3.32. The molecule has 1 atom stereocenters. The number of hydrazone groups is 1. The maximum absolute atomic E-state index is 11.5. The molecular weight excluding hydrogens is 198 g/mol. The van der Waals surface area contributed by atoms with Crippen LogP contribution in [0.4, 0.5) is 0 Å². The minimum atomic E-state index is -0.586. The summed E-state index contributed by atoms with van der Waals surface area (Å²) < 4.78 is 0. The van der Waals surface area contributed by atoms with Crippen LogP contribution in [-0.2, 0) is 9.59 Å². The first-order chi connectivity index (χ1) is 7.00. The highest BCUT2D eigenvalue weighted by atomic mass is 16.3. The Bertz CT molecular complexity index is 299. The van der Waals surface area contributed by atoms with Crippen LogP contribution in [-0.4, -0.2) is 47.3 Å². The van der Waals surface area contributed by atoms with E-state index in [1.54, 1.807) is 6.92 Å². The van der Waals surface area contributed by atoms with Crippen molar-refractivity contribution < 1.29 is 14.7 Å². The lowest BCUT2D eigenvalue weighted by Gasteiger charge is -2.19. The van der Waals surface area contributed by atoms with Gasteiger partial charge in [0.25, 0.3) is 5.91 Å². The Hall–Kier alpha value is -1.43. The van der Waals surface area contributed by atoms with Gasteiger partial charge in [-0.15, -0.1) is 0 Å². The van der Waals surface area contributed by atoms with Crippen LogP contribution in [0.2, 0.25) is 0 Å². The second-order valence-corrected chi connectivity index (χ2v) is 3.52. The van der Waals surface area contributed by atoms with E-state index in [0.29, 0.717) is 18.6 Å². The summed E-state index contributed by atoms with van der Waals surface area (Å²) in [4.78, 5) is 22.5.